The molecule has 0 atom stereocenters. The van der Waals surface area contributed by atoms with Gasteiger partial charge in [0.15, 0.2) is 0 Å². The van der Waals surface area contributed by atoms with Crippen LogP contribution in [0.5, 0.6) is 0 Å². The minimum Gasteiger partial charge on any atom is -0.477 e. The molecular weight excluding hydrogens is 244 g/mol. The SMILES string of the molecule is CC(N)=C(C(=O)O)C(=O)Nc1ccc(Cl)cc1. The summed E-state index contributed by atoms with van der Waals surface area (Å²) in [6, 6.07) is 6.28. The first-order valence-corrected chi connectivity index (χ1v) is 5.06. The number of benzene rings is 1. The minimum atomic E-state index is -1.36. The molecule has 17 heavy (non-hydrogen) atoms. The molecule has 0 bridgehead atoms. The minimum absolute atomic E-state index is 0.0519. The fourth-order valence-electron chi connectivity index (χ4n) is 1.17. The number of anilines is 1. The number of carboxylic acid groups (broad SMARTS) is 1. The second-order valence-corrected chi connectivity index (χ2v) is 3.76. The van der Waals surface area contributed by atoms with Crippen LogP contribution in [0.1, 0.15) is 6.92 Å². The van der Waals surface area contributed by atoms with E-state index in [4.69, 9.17) is 22.4 Å². The molecule has 1 aromatic carbocycles. The van der Waals surface area contributed by atoms with Crippen LogP contribution in [0.4, 0.5) is 5.69 Å². The molecule has 1 rings (SSSR count). The normalized spacial score (nSPS) is 11.6. The standard InChI is InChI=1S/C11H11ClN2O3/c1-6(13)9(11(16)17)10(15)14-8-4-2-7(12)3-5-8/h2-5H,13H2,1H3,(H,14,15)(H,16,17). The Bertz CT molecular complexity index is 476. The molecule has 1 amide bonds. The molecular formula is C11H11ClN2O3. The molecule has 90 valence electrons. The zero-order valence-electron chi connectivity index (χ0n) is 9.03. The third kappa shape index (κ3) is 3.49. The predicted molar refractivity (Wildman–Crippen MR) is 64.6 cm³/mol. The smallest absolute Gasteiger partial charge is 0.343 e. The van der Waals surface area contributed by atoms with E-state index in [9.17, 15) is 9.59 Å². The number of hydrogen-bond acceptors (Lipinski definition) is 3. The van der Waals surface area contributed by atoms with Gasteiger partial charge < -0.3 is 16.2 Å². The summed E-state index contributed by atoms with van der Waals surface area (Å²) in [4.78, 5) is 22.4. The maximum atomic E-state index is 11.6. The van der Waals surface area contributed by atoms with E-state index < -0.39 is 17.4 Å². The summed E-state index contributed by atoms with van der Waals surface area (Å²) in [5, 5.41) is 11.8. The van der Waals surface area contributed by atoms with Gasteiger partial charge >= 0.3 is 5.97 Å². The van der Waals surface area contributed by atoms with E-state index in [1.165, 1.54) is 6.92 Å². The van der Waals surface area contributed by atoms with E-state index >= 15 is 0 Å². The molecule has 1 aromatic rings. The lowest BCUT2D eigenvalue weighted by Crippen LogP contribution is -2.23. The number of carbonyl (C=O) groups is 2. The molecule has 6 heteroatoms. The van der Waals surface area contributed by atoms with Crippen LogP contribution in [0.3, 0.4) is 0 Å². The second-order valence-electron chi connectivity index (χ2n) is 3.32. The monoisotopic (exact) mass is 254 g/mol. The van der Waals surface area contributed by atoms with Gasteiger partial charge in [0.1, 0.15) is 5.57 Å². The number of nitrogens with two attached hydrogens (primary N) is 1. The van der Waals surface area contributed by atoms with Crippen LogP contribution in [0.2, 0.25) is 5.02 Å². The van der Waals surface area contributed by atoms with Crippen molar-refractivity contribution in [2.75, 3.05) is 5.32 Å². The van der Waals surface area contributed by atoms with Gasteiger partial charge in [-0.15, -0.1) is 0 Å². The Kier molecular flexibility index (Phi) is 4.12. The summed E-state index contributed by atoms with van der Waals surface area (Å²) in [6.07, 6.45) is 0. The van der Waals surface area contributed by atoms with E-state index in [2.05, 4.69) is 5.32 Å². The van der Waals surface area contributed by atoms with Crippen molar-refractivity contribution in [3.05, 3.63) is 40.6 Å². The number of carbonyl (C=O) groups excluding carboxylic acids is 1. The van der Waals surface area contributed by atoms with Crippen molar-refractivity contribution in [3.63, 3.8) is 0 Å². The number of allylic oxidation sites excluding steroid dienone is 1. The fourth-order valence-corrected chi connectivity index (χ4v) is 1.30. The summed E-state index contributed by atoms with van der Waals surface area (Å²) in [6.45, 7) is 1.35. The van der Waals surface area contributed by atoms with Crippen molar-refractivity contribution in [2.45, 2.75) is 6.92 Å². The molecule has 0 radical (unpaired) electrons. The van der Waals surface area contributed by atoms with Crippen LogP contribution in [0.15, 0.2) is 35.5 Å². The summed E-state index contributed by atoms with van der Waals surface area (Å²) in [5.74, 6) is -2.13. The number of aliphatic carboxylic acids is 1. The Labute approximate surface area is 103 Å². The second kappa shape index (κ2) is 5.36. The Morgan fingerprint density at radius 2 is 1.82 bits per heavy atom. The fraction of sp³-hybridized carbons (Fsp3) is 0.0909. The van der Waals surface area contributed by atoms with Crippen molar-refractivity contribution in [3.8, 4) is 0 Å². The highest BCUT2D eigenvalue weighted by molar-refractivity contribution is 6.30. The third-order valence-electron chi connectivity index (χ3n) is 1.94. The van der Waals surface area contributed by atoms with E-state index in [1.807, 2.05) is 0 Å². The molecule has 0 aliphatic heterocycles. The van der Waals surface area contributed by atoms with Gasteiger partial charge in [0.2, 0.25) is 0 Å². The van der Waals surface area contributed by atoms with Crippen molar-refractivity contribution < 1.29 is 14.7 Å². The quantitative estimate of drug-likeness (QED) is 0.434. The average molecular weight is 255 g/mol. The number of amides is 1. The summed E-state index contributed by atoms with van der Waals surface area (Å²) < 4.78 is 0. The molecule has 0 aromatic heterocycles. The largest absolute Gasteiger partial charge is 0.477 e. The van der Waals surface area contributed by atoms with Crippen LogP contribution in [0, 0.1) is 0 Å². The topological polar surface area (TPSA) is 92.4 Å². The van der Waals surface area contributed by atoms with Gasteiger partial charge in [-0.25, -0.2) is 4.79 Å². The number of carboxylic acids is 1. The van der Waals surface area contributed by atoms with Crippen LogP contribution in [-0.2, 0) is 9.59 Å². The van der Waals surface area contributed by atoms with E-state index in [-0.39, 0.29) is 5.70 Å². The summed E-state index contributed by atoms with van der Waals surface area (Å²) in [5.41, 5.74) is 5.25. The van der Waals surface area contributed by atoms with Gasteiger partial charge in [-0.2, -0.15) is 0 Å². The zero-order chi connectivity index (χ0) is 13.0. The first-order chi connectivity index (χ1) is 7.91. The van der Waals surface area contributed by atoms with Crippen molar-refractivity contribution in [1.82, 2.24) is 0 Å². The lowest BCUT2D eigenvalue weighted by atomic mass is 10.2. The average Bonchev–Trinajstić information content (AvgIpc) is 2.20. The molecule has 4 N–H and O–H groups in total. The molecule has 0 unspecified atom stereocenters. The van der Waals surface area contributed by atoms with Crippen LogP contribution < -0.4 is 11.1 Å². The van der Waals surface area contributed by atoms with Crippen LogP contribution in [0.25, 0.3) is 0 Å². The summed E-state index contributed by atoms with van der Waals surface area (Å²) >= 11 is 5.68. The van der Waals surface area contributed by atoms with Gasteiger partial charge in [0.05, 0.1) is 0 Å². The first-order valence-electron chi connectivity index (χ1n) is 4.68. The summed E-state index contributed by atoms with van der Waals surface area (Å²) in [7, 11) is 0. The molecule has 0 aliphatic carbocycles. The van der Waals surface area contributed by atoms with Crippen LogP contribution >= 0.6 is 11.6 Å². The van der Waals surface area contributed by atoms with Gasteiger partial charge in [-0.3, -0.25) is 4.79 Å². The first kappa shape index (κ1) is 13.1. The van der Waals surface area contributed by atoms with Crippen molar-refractivity contribution in [2.24, 2.45) is 5.73 Å². The molecule has 0 aliphatic rings. The highest BCUT2D eigenvalue weighted by atomic mass is 35.5. The highest BCUT2D eigenvalue weighted by Crippen LogP contribution is 2.14. The maximum Gasteiger partial charge on any atom is 0.343 e. The predicted octanol–water partition coefficient (Wildman–Crippen LogP) is 1.60. The number of halogens is 1. The Morgan fingerprint density at radius 3 is 2.24 bits per heavy atom. The van der Waals surface area contributed by atoms with E-state index in [0.29, 0.717) is 10.7 Å². The lowest BCUT2D eigenvalue weighted by molar-refractivity contribution is -0.134. The Balaban J connectivity index is 2.89. The molecule has 0 saturated carbocycles. The molecule has 0 spiro atoms. The van der Waals surface area contributed by atoms with Gasteiger partial charge in [-0.1, -0.05) is 11.6 Å². The molecule has 0 saturated heterocycles. The Morgan fingerprint density at radius 1 is 1.29 bits per heavy atom. The van der Waals surface area contributed by atoms with E-state index in [1.54, 1.807) is 24.3 Å². The van der Waals surface area contributed by atoms with Gasteiger partial charge in [0, 0.05) is 16.4 Å². The highest BCUT2D eigenvalue weighted by Gasteiger charge is 2.19. The van der Waals surface area contributed by atoms with Crippen molar-refractivity contribution >= 4 is 29.2 Å². The number of rotatable bonds is 3. The number of hydrogen-bond donors (Lipinski definition) is 3. The zero-order valence-corrected chi connectivity index (χ0v) is 9.78. The molecule has 0 fully saturated rings. The Hall–Kier alpha value is -2.01. The molecule has 5 nitrogen and oxygen atoms in total. The lowest BCUT2D eigenvalue weighted by Gasteiger charge is -2.07. The maximum absolute atomic E-state index is 11.6. The van der Waals surface area contributed by atoms with Gasteiger partial charge in [0.25, 0.3) is 5.91 Å². The van der Waals surface area contributed by atoms with Gasteiger partial charge in [-0.05, 0) is 31.2 Å². The van der Waals surface area contributed by atoms with Crippen molar-refractivity contribution in [1.29, 1.82) is 0 Å². The third-order valence-corrected chi connectivity index (χ3v) is 2.19. The number of nitrogens with one attached hydrogen (secondary N) is 1. The van der Waals surface area contributed by atoms with E-state index in [0.717, 1.165) is 0 Å². The molecule has 0 heterocycles. The van der Waals surface area contributed by atoms with Crippen LogP contribution in [-0.4, -0.2) is 17.0 Å².